The number of amides is 2. The summed E-state index contributed by atoms with van der Waals surface area (Å²) in [6, 6.07) is 2.96. The van der Waals surface area contributed by atoms with Gasteiger partial charge in [-0.25, -0.2) is 9.18 Å². The predicted octanol–water partition coefficient (Wildman–Crippen LogP) is 1.98. The van der Waals surface area contributed by atoms with E-state index in [2.05, 4.69) is 10.6 Å². The topological polar surface area (TPSA) is 61.4 Å². The zero-order valence-electron chi connectivity index (χ0n) is 8.63. The molecule has 3 N–H and O–H groups in total. The van der Waals surface area contributed by atoms with Crippen LogP contribution < -0.4 is 10.6 Å². The quantitative estimate of drug-likeness (QED) is 0.764. The molecule has 1 atom stereocenters. The number of carbonyl (C=O) groups excluding carboxylic acids is 1. The third-order valence-corrected chi connectivity index (χ3v) is 2.07. The Morgan fingerprint density at radius 3 is 2.88 bits per heavy atom. The highest BCUT2D eigenvalue weighted by atomic mass is 35.5. The summed E-state index contributed by atoms with van der Waals surface area (Å²) < 4.78 is 13.3. The zero-order valence-corrected chi connectivity index (χ0v) is 9.38. The Labute approximate surface area is 97.4 Å². The first-order valence-electron chi connectivity index (χ1n) is 4.66. The van der Waals surface area contributed by atoms with Crippen LogP contribution >= 0.6 is 11.6 Å². The molecule has 0 heterocycles. The molecule has 1 unspecified atom stereocenters. The summed E-state index contributed by atoms with van der Waals surface area (Å²) in [5.41, 5.74) is 0.0343. The molecule has 0 aliphatic rings. The molecular formula is C10H12ClFN2O2. The van der Waals surface area contributed by atoms with E-state index in [4.69, 9.17) is 16.7 Å². The Morgan fingerprint density at radius 2 is 2.31 bits per heavy atom. The number of halogens is 2. The summed E-state index contributed by atoms with van der Waals surface area (Å²) in [6.45, 7) is 1.44. The first-order valence-corrected chi connectivity index (χ1v) is 5.04. The van der Waals surface area contributed by atoms with Gasteiger partial charge in [-0.05, 0) is 25.1 Å². The number of anilines is 1. The molecule has 16 heavy (non-hydrogen) atoms. The second kappa shape index (κ2) is 5.67. The maximum absolute atomic E-state index is 13.3. The first kappa shape index (κ1) is 12.7. The Balaban J connectivity index is 2.63. The lowest BCUT2D eigenvalue weighted by Crippen LogP contribution is -2.38. The third-order valence-electron chi connectivity index (χ3n) is 1.83. The number of hydrogen-bond acceptors (Lipinski definition) is 2. The van der Waals surface area contributed by atoms with Crippen molar-refractivity contribution in [3.63, 3.8) is 0 Å². The number of benzene rings is 1. The van der Waals surface area contributed by atoms with E-state index in [9.17, 15) is 9.18 Å². The summed E-state index contributed by atoms with van der Waals surface area (Å²) in [6.07, 6.45) is 0. The van der Waals surface area contributed by atoms with Crippen LogP contribution in [-0.4, -0.2) is 23.8 Å². The van der Waals surface area contributed by atoms with Crippen molar-refractivity contribution in [2.75, 3.05) is 11.9 Å². The van der Waals surface area contributed by atoms with Crippen molar-refractivity contribution in [1.29, 1.82) is 0 Å². The fraction of sp³-hybridized carbons (Fsp3) is 0.300. The van der Waals surface area contributed by atoms with Crippen molar-refractivity contribution in [1.82, 2.24) is 5.32 Å². The molecule has 1 aromatic carbocycles. The van der Waals surface area contributed by atoms with Crippen LogP contribution in [0.5, 0.6) is 0 Å². The van der Waals surface area contributed by atoms with Crippen molar-refractivity contribution in [3.05, 3.63) is 29.0 Å². The maximum Gasteiger partial charge on any atom is 0.319 e. The van der Waals surface area contributed by atoms with Crippen LogP contribution in [0.1, 0.15) is 6.92 Å². The lowest BCUT2D eigenvalue weighted by molar-refractivity contribution is 0.229. The largest absolute Gasteiger partial charge is 0.394 e. The molecule has 0 saturated heterocycles. The summed E-state index contributed by atoms with van der Waals surface area (Å²) in [5, 5.41) is 13.7. The number of nitrogens with one attached hydrogen (secondary N) is 2. The van der Waals surface area contributed by atoms with Gasteiger partial charge in [0.25, 0.3) is 0 Å². The van der Waals surface area contributed by atoms with Gasteiger partial charge >= 0.3 is 6.03 Å². The molecule has 0 saturated carbocycles. The van der Waals surface area contributed by atoms with E-state index in [1.54, 1.807) is 6.92 Å². The molecule has 2 amide bonds. The van der Waals surface area contributed by atoms with Crippen LogP contribution in [0.15, 0.2) is 18.2 Å². The molecule has 0 aliphatic carbocycles. The molecule has 0 spiro atoms. The number of carbonyl (C=O) groups is 1. The first-order chi connectivity index (χ1) is 7.52. The van der Waals surface area contributed by atoms with E-state index >= 15 is 0 Å². The van der Waals surface area contributed by atoms with Crippen molar-refractivity contribution in [2.24, 2.45) is 0 Å². The summed E-state index contributed by atoms with van der Waals surface area (Å²) >= 11 is 5.56. The minimum atomic E-state index is -0.612. The van der Waals surface area contributed by atoms with Crippen LogP contribution in [0.4, 0.5) is 14.9 Å². The molecule has 1 rings (SSSR count). The van der Waals surface area contributed by atoms with Gasteiger partial charge in [-0.2, -0.15) is 0 Å². The van der Waals surface area contributed by atoms with E-state index in [0.29, 0.717) is 0 Å². The molecule has 1 aromatic rings. The van der Waals surface area contributed by atoms with Gasteiger partial charge in [0.2, 0.25) is 0 Å². The Hall–Kier alpha value is -1.33. The van der Waals surface area contributed by atoms with Crippen molar-refractivity contribution in [2.45, 2.75) is 13.0 Å². The molecule has 0 bridgehead atoms. The van der Waals surface area contributed by atoms with Crippen LogP contribution in [0.25, 0.3) is 0 Å². The van der Waals surface area contributed by atoms with Crippen LogP contribution in [-0.2, 0) is 0 Å². The average molecular weight is 247 g/mol. The summed E-state index contributed by atoms with van der Waals surface area (Å²) in [4.78, 5) is 11.3. The minimum absolute atomic E-state index is 0.0343. The zero-order chi connectivity index (χ0) is 12.1. The highest BCUT2D eigenvalue weighted by Gasteiger charge is 2.09. The highest BCUT2D eigenvalue weighted by molar-refractivity contribution is 6.30. The molecular weight excluding hydrogens is 235 g/mol. The van der Waals surface area contributed by atoms with Crippen molar-refractivity contribution >= 4 is 23.3 Å². The minimum Gasteiger partial charge on any atom is -0.394 e. The molecule has 0 aliphatic heterocycles. The lowest BCUT2D eigenvalue weighted by atomic mass is 10.3. The Bertz CT molecular complexity index is 387. The Kier molecular flexibility index (Phi) is 4.52. The van der Waals surface area contributed by atoms with E-state index in [0.717, 1.165) is 6.07 Å². The number of aliphatic hydroxyl groups excluding tert-OH is 1. The number of aliphatic hydroxyl groups is 1. The van der Waals surface area contributed by atoms with Gasteiger partial charge in [-0.15, -0.1) is 0 Å². The standard InChI is InChI=1S/C10H12ClFN2O2/c1-6(5-15)13-10(16)14-9-3-2-7(11)4-8(9)12/h2-4,6,15H,5H2,1H3,(H2,13,14,16). The van der Waals surface area contributed by atoms with E-state index < -0.39 is 17.9 Å². The van der Waals surface area contributed by atoms with E-state index in [-0.39, 0.29) is 17.3 Å². The highest BCUT2D eigenvalue weighted by Crippen LogP contribution is 2.18. The number of rotatable bonds is 3. The fourth-order valence-corrected chi connectivity index (χ4v) is 1.18. The van der Waals surface area contributed by atoms with Gasteiger partial charge in [-0.1, -0.05) is 11.6 Å². The third kappa shape index (κ3) is 3.67. The molecule has 0 fully saturated rings. The summed E-state index contributed by atoms with van der Waals surface area (Å²) in [5.74, 6) is -0.612. The Morgan fingerprint density at radius 1 is 1.62 bits per heavy atom. The van der Waals surface area contributed by atoms with Gasteiger partial charge in [0, 0.05) is 5.02 Å². The predicted molar refractivity (Wildman–Crippen MR) is 60.1 cm³/mol. The smallest absolute Gasteiger partial charge is 0.319 e. The van der Waals surface area contributed by atoms with Gasteiger partial charge in [0.1, 0.15) is 5.82 Å². The molecule has 0 aromatic heterocycles. The molecule has 4 nitrogen and oxygen atoms in total. The lowest BCUT2D eigenvalue weighted by Gasteiger charge is -2.12. The second-order valence-electron chi connectivity index (χ2n) is 3.31. The fourth-order valence-electron chi connectivity index (χ4n) is 1.02. The number of hydrogen-bond donors (Lipinski definition) is 3. The van der Waals surface area contributed by atoms with Crippen LogP contribution in [0.3, 0.4) is 0 Å². The SMILES string of the molecule is CC(CO)NC(=O)Nc1ccc(Cl)cc1F. The van der Waals surface area contributed by atoms with Gasteiger partial charge in [0.05, 0.1) is 18.3 Å². The van der Waals surface area contributed by atoms with Crippen molar-refractivity contribution in [3.8, 4) is 0 Å². The molecule has 0 radical (unpaired) electrons. The normalized spacial score (nSPS) is 12.0. The van der Waals surface area contributed by atoms with Gasteiger partial charge < -0.3 is 15.7 Å². The summed E-state index contributed by atoms with van der Waals surface area (Å²) in [7, 11) is 0. The van der Waals surface area contributed by atoms with Crippen LogP contribution in [0.2, 0.25) is 5.02 Å². The molecule has 6 heteroatoms. The van der Waals surface area contributed by atoms with E-state index in [1.807, 2.05) is 0 Å². The van der Waals surface area contributed by atoms with Crippen LogP contribution in [0, 0.1) is 5.82 Å². The van der Waals surface area contributed by atoms with Gasteiger partial charge in [0.15, 0.2) is 0 Å². The average Bonchev–Trinajstić information content (AvgIpc) is 2.22. The second-order valence-corrected chi connectivity index (χ2v) is 3.74. The monoisotopic (exact) mass is 246 g/mol. The van der Waals surface area contributed by atoms with Gasteiger partial charge in [-0.3, -0.25) is 0 Å². The van der Waals surface area contributed by atoms with E-state index in [1.165, 1.54) is 12.1 Å². The molecule has 88 valence electrons. The van der Waals surface area contributed by atoms with Crippen molar-refractivity contribution < 1.29 is 14.3 Å². The number of urea groups is 1. The maximum atomic E-state index is 13.3.